The number of alkyl halides is 3. The summed E-state index contributed by atoms with van der Waals surface area (Å²) < 4.78 is 37.3. The summed E-state index contributed by atoms with van der Waals surface area (Å²) in [6.45, 7) is 0.731. The Morgan fingerprint density at radius 1 is 1.31 bits per heavy atom. The first-order chi connectivity index (χ1) is 12.3. The first kappa shape index (κ1) is 18.5. The van der Waals surface area contributed by atoms with E-state index in [9.17, 15) is 22.8 Å². The number of likely N-dealkylation sites (tertiary alicyclic amines) is 1. The van der Waals surface area contributed by atoms with Gasteiger partial charge in [0.05, 0.1) is 6.54 Å². The molecule has 0 aromatic heterocycles. The van der Waals surface area contributed by atoms with Crippen molar-refractivity contribution in [1.82, 2.24) is 15.5 Å². The maximum absolute atomic E-state index is 12.4. The number of carbonyl (C=O) groups excluding carboxylic acids is 2. The number of rotatable bonds is 4. The van der Waals surface area contributed by atoms with E-state index in [1.807, 2.05) is 0 Å². The highest BCUT2D eigenvalue weighted by Gasteiger charge is 2.34. The number of nitrogens with zero attached hydrogens (tertiary/aromatic N) is 2. The first-order valence-corrected chi connectivity index (χ1v) is 8.57. The highest BCUT2D eigenvalue weighted by molar-refractivity contribution is 5.98. The van der Waals surface area contributed by atoms with Crippen LogP contribution in [-0.2, 0) is 0 Å². The second-order valence-corrected chi connectivity index (χ2v) is 6.60. The van der Waals surface area contributed by atoms with Crippen molar-refractivity contribution in [3.63, 3.8) is 0 Å². The van der Waals surface area contributed by atoms with Crippen molar-refractivity contribution in [2.75, 3.05) is 37.6 Å². The molecule has 2 aliphatic rings. The molecule has 0 unspecified atom stereocenters. The number of nitrogens with one attached hydrogen (secondary N) is 2. The van der Waals surface area contributed by atoms with Gasteiger partial charge in [0.25, 0.3) is 5.91 Å². The summed E-state index contributed by atoms with van der Waals surface area (Å²) in [4.78, 5) is 27.2. The third-order valence-electron chi connectivity index (χ3n) is 4.51. The number of hydrogen-bond donors (Lipinski definition) is 2. The molecule has 3 amide bonds. The maximum Gasteiger partial charge on any atom is 0.401 e. The van der Waals surface area contributed by atoms with Crippen molar-refractivity contribution in [1.29, 1.82) is 0 Å². The number of carbonyl (C=O) groups is 2. The summed E-state index contributed by atoms with van der Waals surface area (Å²) in [5.41, 5.74) is 1.01. The maximum atomic E-state index is 12.4. The first-order valence-electron chi connectivity index (χ1n) is 8.57. The fraction of sp³-hybridized carbons (Fsp3) is 0.529. The van der Waals surface area contributed by atoms with Gasteiger partial charge in [-0.15, -0.1) is 0 Å². The molecule has 6 nitrogen and oxygen atoms in total. The number of hydrogen-bond acceptors (Lipinski definition) is 3. The summed E-state index contributed by atoms with van der Waals surface area (Å²) in [5, 5.41) is 5.54. The second-order valence-electron chi connectivity index (χ2n) is 6.60. The van der Waals surface area contributed by atoms with Gasteiger partial charge >= 0.3 is 12.2 Å². The van der Waals surface area contributed by atoms with E-state index in [-0.39, 0.29) is 24.5 Å². The number of anilines is 1. The molecule has 3 rings (SSSR count). The summed E-state index contributed by atoms with van der Waals surface area (Å²) >= 11 is 0. The van der Waals surface area contributed by atoms with E-state index in [0.29, 0.717) is 37.3 Å². The van der Waals surface area contributed by atoms with Gasteiger partial charge in [-0.3, -0.25) is 14.6 Å². The van der Waals surface area contributed by atoms with Crippen molar-refractivity contribution in [2.24, 2.45) is 0 Å². The average Bonchev–Trinajstić information content (AvgIpc) is 3.00. The third-order valence-corrected chi connectivity index (χ3v) is 4.51. The van der Waals surface area contributed by atoms with E-state index in [1.165, 1.54) is 4.90 Å². The van der Waals surface area contributed by atoms with Gasteiger partial charge in [0.2, 0.25) is 0 Å². The normalized spacial score (nSPS) is 21.6. The minimum Gasteiger partial charge on any atom is -0.348 e. The standard InChI is InChI=1S/C17H21F3N4O2/c18-17(19,20)11-23-8-5-13(10-23)22-15(25)12-3-1-4-14(9-12)24-7-2-6-21-16(24)26/h1,3-4,9,13H,2,5-8,10-11H2,(H,21,26)(H,22,25)/t13-/m0/s1. The fourth-order valence-corrected chi connectivity index (χ4v) is 3.31. The van der Waals surface area contributed by atoms with Crippen LogP contribution in [0.4, 0.5) is 23.7 Å². The Morgan fingerprint density at radius 2 is 2.12 bits per heavy atom. The third kappa shape index (κ3) is 4.66. The topological polar surface area (TPSA) is 64.7 Å². The van der Waals surface area contributed by atoms with Crippen molar-refractivity contribution in [3.05, 3.63) is 29.8 Å². The van der Waals surface area contributed by atoms with E-state index < -0.39 is 12.7 Å². The van der Waals surface area contributed by atoms with Crippen LogP contribution in [0.5, 0.6) is 0 Å². The molecule has 1 aromatic carbocycles. The van der Waals surface area contributed by atoms with Crippen LogP contribution in [0.25, 0.3) is 0 Å². The van der Waals surface area contributed by atoms with Gasteiger partial charge in [0.15, 0.2) is 0 Å². The molecule has 1 aromatic rings. The fourth-order valence-electron chi connectivity index (χ4n) is 3.31. The van der Waals surface area contributed by atoms with Gasteiger partial charge in [0, 0.05) is 43.5 Å². The minimum atomic E-state index is -4.23. The van der Waals surface area contributed by atoms with E-state index in [2.05, 4.69) is 10.6 Å². The Hall–Kier alpha value is -2.29. The van der Waals surface area contributed by atoms with E-state index in [1.54, 1.807) is 29.2 Å². The zero-order chi connectivity index (χ0) is 18.7. The lowest BCUT2D eigenvalue weighted by Gasteiger charge is -2.27. The molecule has 0 bridgehead atoms. The van der Waals surface area contributed by atoms with E-state index in [4.69, 9.17) is 0 Å². The second kappa shape index (κ2) is 7.53. The van der Waals surface area contributed by atoms with Crippen molar-refractivity contribution in [2.45, 2.75) is 25.1 Å². The van der Waals surface area contributed by atoms with Gasteiger partial charge in [-0.2, -0.15) is 13.2 Å². The molecule has 0 aliphatic carbocycles. The molecule has 0 spiro atoms. The van der Waals surface area contributed by atoms with Crippen molar-refractivity contribution >= 4 is 17.6 Å². The molecule has 2 heterocycles. The lowest BCUT2D eigenvalue weighted by molar-refractivity contribution is -0.143. The van der Waals surface area contributed by atoms with Crippen LogP contribution in [-0.4, -0.2) is 61.8 Å². The molecule has 2 aliphatic heterocycles. The van der Waals surface area contributed by atoms with Gasteiger partial charge in [-0.25, -0.2) is 4.79 Å². The molecular weight excluding hydrogens is 349 g/mol. The van der Waals surface area contributed by atoms with Crippen LogP contribution >= 0.6 is 0 Å². The Kier molecular flexibility index (Phi) is 5.36. The number of amides is 3. The Balaban J connectivity index is 1.60. The van der Waals surface area contributed by atoms with Gasteiger partial charge in [-0.05, 0) is 31.0 Å². The van der Waals surface area contributed by atoms with Crippen LogP contribution in [0.2, 0.25) is 0 Å². The quantitative estimate of drug-likeness (QED) is 0.852. The van der Waals surface area contributed by atoms with Gasteiger partial charge < -0.3 is 10.6 Å². The van der Waals surface area contributed by atoms with Crippen LogP contribution in [0.15, 0.2) is 24.3 Å². The van der Waals surface area contributed by atoms with Gasteiger partial charge in [0.1, 0.15) is 0 Å². The average molecular weight is 370 g/mol. The molecule has 142 valence electrons. The monoisotopic (exact) mass is 370 g/mol. The van der Waals surface area contributed by atoms with Crippen LogP contribution < -0.4 is 15.5 Å². The largest absolute Gasteiger partial charge is 0.401 e. The molecule has 26 heavy (non-hydrogen) atoms. The Morgan fingerprint density at radius 3 is 2.85 bits per heavy atom. The summed E-state index contributed by atoms with van der Waals surface area (Å²) in [6.07, 6.45) is -2.93. The minimum absolute atomic E-state index is 0.180. The lowest BCUT2D eigenvalue weighted by Crippen LogP contribution is -2.46. The summed E-state index contributed by atoms with van der Waals surface area (Å²) in [6, 6.07) is 6.18. The Labute approximate surface area is 149 Å². The molecule has 2 saturated heterocycles. The lowest BCUT2D eigenvalue weighted by atomic mass is 10.1. The number of halogens is 3. The molecule has 1 atom stereocenters. The summed E-state index contributed by atoms with van der Waals surface area (Å²) in [5.74, 6) is -0.344. The molecule has 0 saturated carbocycles. The molecule has 0 radical (unpaired) electrons. The van der Waals surface area contributed by atoms with Crippen LogP contribution in [0, 0.1) is 0 Å². The van der Waals surface area contributed by atoms with Gasteiger partial charge in [-0.1, -0.05) is 6.07 Å². The predicted octanol–water partition coefficient (Wildman–Crippen LogP) is 1.97. The highest BCUT2D eigenvalue weighted by atomic mass is 19.4. The Bertz CT molecular complexity index is 680. The van der Waals surface area contributed by atoms with Crippen molar-refractivity contribution in [3.8, 4) is 0 Å². The molecule has 2 fully saturated rings. The number of urea groups is 1. The van der Waals surface area contributed by atoms with Crippen molar-refractivity contribution < 1.29 is 22.8 Å². The molecule has 9 heteroatoms. The van der Waals surface area contributed by atoms with Crippen LogP contribution in [0.1, 0.15) is 23.2 Å². The zero-order valence-corrected chi connectivity index (χ0v) is 14.2. The highest BCUT2D eigenvalue weighted by Crippen LogP contribution is 2.21. The van der Waals surface area contributed by atoms with E-state index in [0.717, 1.165) is 6.42 Å². The number of benzene rings is 1. The molecule has 2 N–H and O–H groups in total. The SMILES string of the molecule is O=C(N[C@H]1CCN(CC(F)(F)F)C1)c1cccc(N2CCCNC2=O)c1. The predicted molar refractivity (Wildman–Crippen MR) is 90.2 cm³/mol. The smallest absolute Gasteiger partial charge is 0.348 e. The van der Waals surface area contributed by atoms with E-state index >= 15 is 0 Å². The summed E-state index contributed by atoms with van der Waals surface area (Å²) in [7, 11) is 0. The van der Waals surface area contributed by atoms with Crippen LogP contribution in [0.3, 0.4) is 0 Å². The zero-order valence-electron chi connectivity index (χ0n) is 14.2. The molecular formula is C17H21F3N4O2.